The van der Waals surface area contributed by atoms with Gasteiger partial charge in [0.15, 0.2) is 0 Å². The molecule has 5 nitrogen and oxygen atoms in total. The van der Waals surface area contributed by atoms with Gasteiger partial charge in [0.2, 0.25) is 0 Å². The summed E-state index contributed by atoms with van der Waals surface area (Å²) < 4.78 is 4.66. The number of methoxy groups -OCH3 is 1. The smallest absolute Gasteiger partial charge is 0.310 e. The van der Waals surface area contributed by atoms with Crippen molar-refractivity contribution in [3.63, 3.8) is 0 Å². The number of ether oxygens (including phenoxy) is 1. The number of amides is 1. The van der Waals surface area contributed by atoms with Gasteiger partial charge in [0, 0.05) is 25.5 Å². The van der Waals surface area contributed by atoms with Gasteiger partial charge in [-0.15, -0.1) is 6.58 Å². The van der Waals surface area contributed by atoms with Crippen molar-refractivity contribution in [2.24, 2.45) is 5.92 Å². The van der Waals surface area contributed by atoms with E-state index >= 15 is 0 Å². The Morgan fingerprint density at radius 3 is 2.84 bits per heavy atom. The highest BCUT2D eigenvalue weighted by Crippen LogP contribution is 2.08. The molecular formula is C14H18N2O3. The summed E-state index contributed by atoms with van der Waals surface area (Å²) in [6, 6.07) is 3.39. The van der Waals surface area contributed by atoms with Crippen LogP contribution in [0.5, 0.6) is 0 Å². The van der Waals surface area contributed by atoms with E-state index in [1.54, 1.807) is 36.2 Å². The lowest BCUT2D eigenvalue weighted by Crippen LogP contribution is -2.37. The number of carbonyl (C=O) groups is 2. The molecule has 1 amide bonds. The Morgan fingerprint density at radius 1 is 1.58 bits per heavy atom. The van der Waals surface area contributed by atoms with Gasteiger partial charge in [0.25, 0.3) is 5.91 Å². The first kappa shape index (κ1) is 14.9. The quantitative estimate of drug-likeness (QED) is 0.576. The SMILES string of the molecule is C=CCN(CC(C)C(=O)OC)C(=O)c1cccnc1. The third kappa shape index (κ3) is 4.21. The van der Waals surface area contributed by atoms with E-state index in [1.165, 1.54) is 13.3 Å². The summed E-state index contributed by atoms with van der Waals surface area (Å²) >= 11 is 0. The molecule has 1 rings (SSSR count). The summed E-state index contributed by atoms with van der Waals surface area (Å²) in [5.74, 6) is -0.901. The van der Waals surface area contributed by atoms with Crippen molar-refractivity contribution in [2.75, 3.05) is 20.2 Å². The van der Waals surface area contributed by atoms with Gasteiger partial charge in [0.05, 0.1) is 18.6 Å². The molecule has 0 N–H and O–H groups in total. The Bertz CT molecular complexity index is 445. The molecule has 1 aromatic heterocycles. The zero-order valence-corrected chi connectivity index (χ0v) is 11.2. The maximum atomic E-state index is 12.3. The standard InChI is InChI=1S/C14H18N2O3/c1-4-8-16(10-11(2)14(18)19-3)13(17)12-6-5-7-15-9-12/h4-7,9,11H,1,8,10H2,2-3H3. The van der Waals surface area contributed by atoms with E-state index in [9.17, 15) is 9.59 Å². The molecule has 1 unspecified atom stereocenters. The number of pyridine rings is 1. The summed E-state index contributed by atoms with van der Waals surface area (Å²) in [6.07, 6.45) is 4.73. The molecule has 0 spiro atoms. The molecule has 0 saturated carbocycles. The van der Waals surface area contributed by atoms with Crippen LogP contribution in [0.2, 0.25) is 0 Å². The molecule has 0 saturated heterocycles. The highest BCUT2D eigenvalue weighted by Gasteiger charge is 2.21. The molecule has 19 heavy (non-hydrogen) atoms. The second kappa shape index (κ2) is 7.31. The number of carbonyl (C=O) groups excluding carboxylic acids is 2. The monoisotopic (exact) mass is 262 g/mol. The number of rotatable bonds is 6. The molecule has 1 atom stereocenters. The number of esters is 1. The zero-order chi connectivity index (χ0) is 14.3. The maximum Gasteiger partial charge on any atom is 0.310 e. The number of hydrogen-bond acceptors (Lipinski definition) is 4. The van der Waals surface area contributed by atoms with Crippen molar-refractivity contribution in [1.82, 2.24) is 9.88 Å². The van der Waals surface area contributed by atoms with Crippen molar-refractivity contribution in [2.45, 2.75) is 6.92 Å². The minimum Gasteiger partial charge on any atom is -0.469 e. The van der Waals surface area contributed by atoms with Crippen molar-refractivity contribution < 1.29 is 14.3 Å². The van der Waals surface area contributed by atoms with E-state index in [-0.39, 0.29) is 24.3 Å². The lowest BCUT2D eigenvalue weighted by Gasteiger charge is -2.23. The van der Waals surface area contributed by atoms with E-state index in [0.717, 1.165) is 0 Å². The first-order valence-corrected chi connectivity index (χ1v) is 5.98. The van der Waals surface area contributed by atoms with Crippen LogP contribution in [0, 0.1) is 5.92 Å². The molecule has 1 aromatic rings. The van der Waals surface area contributed by atoms with Gasteiger partial charge < -0.3 is 9.64 Å². The topological polar surface area (TPSA) is 59.5 Å². The van der Waals surface area contributed by atoms with Crippen LogP contribution >= 0.6 is 0 Å². The van der Waals surface area contributed by atoms with Crippen LogP contribution in [-0.4, -0.2) is 42.0 Å². The van der Waals surface area contributed by atoms with Crippen molar-refractivity contribution in [3.8, 4) is 0 Å². The molecule has 102 valence electrons. The molecule has 5 heteroatoms. The summed E-state index contributed by atoms with van der Waals surface area (Å²) in [7, 11) is 1.33. The van der Waals surface area contributed by atoms with E-state index < -0.39 is 0 Å². The highest BCUT2D eigenvalue weighted by molar-refractivity contribution is 5.94. The minimum atomic E-state index is -0.384. The van der Waals surface area contributed by atoms with Gasteiger partial charge >= 0.3 is 5.97 Å². The third-order valence-electron chi connectivity index (χ3n) is 2.64. The average molecular weight is 262 g/mol. The fraction of sp³-hybridized carbons (Fsp3) is 0.357. The molecule has 1 heterocycles. The van der Waals surface area contributed by atoms with Crippen LogP contribution < -0.4 is 0 Å². The Labute approximate surface area is 112 Å². The van der Waals surface area contributed by atoms with Gasteiger partial charge in [-0.1, -0.05) is 13.0 Å². The third-order valence-corrected chi connectivity index (χ3v) is 2.64. The first-order valence-electron chi connectivity index (χ1n) is 5.98. The molecule has 0 aromatic carbocycles. The normalized spacial score (nSPS) is 11.5. The molecular weight excluding hydrogens is 244 g/mol. The van der Waals surface area contributed by atoms with Crippen molar-refractivity contribution >= 4 is 11.9 Å². The molecule has 0 bridgehead atoms. The van der Waals surface area contributed by atoms with Gasteiger partial charge in [0.1, 0.15) is 0 Å². The van der Waals surface area contributed by atoms with Gasteiger partial charge in [-0.05, 0) is 12.1 Å². The molecule has 0 aliphatic rings. The second-order valence-corrected chi connectivity index (χ2v) is 4.16. The summed E-state index contributed by atoms with van der Waals surface area (Å²) in [4.78, 5) is 29.1. The Morgan fingerprint density at radius 2 is 2.32 bits per heavy atom. The van der Waals surface area contributed by atoms with Crippen LogP contribution in [0.15, 0.2) is 37.2 Å². The van der Waals surface area contributed by atoms with Crippen molar-refractivity contribution in [3.05, 3.63) is 42.7 Å². The largest absolute Gasteiger partial charge is 0.469 e. The fourth-order valence-corrected chi connectivity index (χ4v) is 1.67. The van der Waals surface area contributed by atoms with Gasteiger partial charge in [-0.3, -0.25) is 14.6 Å². The van der Waals surface area contributed by atoms with Gasteiger partial charge in [-0.2, -0.15) is 0 Å². The fourth-order valence-electron chi connectivity index (χ4n) is 1.67. The van der Waals surface area contributed by atoms with E-state index in [2.05, 4.69) is 16.3 Å². The summed E-state index contributed by atoms with van der Waals surface area (Å²) in [5.41, 5.74) is 0.487. The number of hydrogen-bond donors (Lipinski definition) is 0. The molecule has 0 aliphatic heterocycles. The van der Waals surface area contributed by atoms with E-state index in [1.807, 2.05) is 0 Å². The first-order chi connectivity index (χ1) is 9.10. The second-order valence-electron chi connectivity index (χ2n) is 4.16. The number of aromatic nitrogens is 1. The van der Waals surface area contributed by atoms with Crippen LogP contribution in [-0.2, 0) is 9.53 Å². The number of nitrogens with zero attached hydrogens (tertiary/aromatic N) is 2. The van der Waals surface area contributed by atoms with Gasteiger partial charge in [-0.25, -0.2) is 0 Å². The van der Waals surface area contributed by atoms with Crippen molar-refractivity contribution in [1.29, 1.82) is 0 Å². The van der Waals surface area contributed by atoms with Crippen LogP contribution in [0.4, 0.5) is 0 Å². The predicted molar refractivity (Wildman–Crippen MR) is 71.5 cm³/mol. The van der Waals surface area contributed by atoms with Crippen LogP contribution in [0.25, 0.3) is 0 Å². The molecule has 0 radical (unpaired) electrons. The predicted octanol–water partition coefficient (Wildman–Crippen LogP) is 1.52. The Hall–Kier alpha value is -2.17. The lowest BCUT2D eigenvalue weighted by atomic mass is 10.1. The Balaban J connectivity index is 2.80. The highest BCUT2D eigenvalue weighted by atomic mass is 16.5. The van der Waals surface area contributed by atoms with Crippen LogP contribution in [0.3, 0.4) is 0 Å². The molecule has 0 aliphatic carbocycles. The average Bonchev–Trinajstić information content (AvgIpc) is 2.45. The van der Waals surface area contributed by atoms with E-state index in [4.69, 9.17) is 0 Å². The van der Waals surface area contributed by atoms with E-state index in [0.29, 0.717) is 12.1 Å². The maximum absolute atomic E-state index is 12.3. The molecule has 0 fully saturated rings. The lowest BCUT2D eigenvalue weighted by molar-refractivity contribution is -0.145. The summed E-state index contributed by atoms with van der Waals surface area (Å²) in [5, 5.41) is 0. The minimum absolute atomic E-state index is 0.177. The van der Waals surface area contributed by atoms with Crippen LogP contribution in [0.1, 0.15) is 17.3 Å². The Kier molecular flexibility index (Phi) is 5.73. The summed E-state index contributed by atoms with van der Waals surface area (Å²) in [6.45, 7) is 6.00. The zero-order valence-electron chi connectivity index (χ0n) is 11.2.